The molecule has 1 aliphatic rings. The number of fused-ring (bicyclic) bond motifs is 1. The highest BCUT2D eigenvalue weighted by Gasteiger charge is 2.07. The molecule has 1 heterocycles. The standard InChI is InChI=1S/C8H8ClNO/c9-8-2-1-6-5-11-10-4-7(6)3-8/h1-3,10H,4-5H2. The number of hydrogen-bond acceptors (Lipinski definition) is 2. The molecule has 11 heavy (non-hydrogen) atoms. The van der Waals surface area contributed by atoms with Crippen LogP contribution in [-0.2, 0) is 18.0 Å². The van der Waals surface area contributed by atoms with E-state index in [-0.39, 0.29) is 0 Å². The summed E-state index contributed by atoms with van der Waals surface area (Å²) >= 11 is 5.81. The zero-order valence-corrected chi connectivity index (χ0v) is 6.69. The molecule has 0 bridgehead atoms. The lowest BCUT2D eigenvalue weighted by Gasteiger charge is -2.16. The molecular formula is C8H8ClNO. The Bertz CT molecular complexity index is 275. The van der Waals surface area contributed by atoms with Crippen LogP contribution in [0.25, 0.3) is 0 Å². The van der Waals surface area contributed by atoms with Gasteiger partial charge in [0.05, 0.1) is 6.61 Å². The molecule has 0 aromatic heterocycles. The molecule has 0 amide bonds. The van der Waals surface area contributed by atoms with Crippen molar-refractivity contribution in [2.75, 3.05) is 0 Å². The van der Waals surface area contributed by atoms with Crippen LogP contribution in [0.15, 0.2) is 18.2 Å². The molecule has 0 saturated heterocycles. The van der Waals surface area contributed by atoms with Gasteiger partial charge in [0, 0.05) is 11.6 Å². The molecule has 58 valence electrons. The van der Waals surface area contributed by atoms with E-state index in [1.165, 1.54) is 11.1 Å². The van der Waals surface area contributed by atoms with Crippen molar-refractivity contribution in [2.45, 2.75) is 13.2 Å². The lowest BCUT2D eigenvalue weighted by atomic mass is 10.1. The summed E-state index contributed by atoms with van der Waals surface area (Å²) in [5, 5.41) is 0.785. The first kappa shape index (κ1) is 7.10. The fraction of sp³-hybridized carbons (Fsp3) is 0.250. The number of hydrogen-bond donors (Lipinski definition) is 1. The summed E-state index contributed by atoms with van der Waals surface area (Å²) in [5.41, 5.74) is 5.25. The topological polar surface area (TPSA) is 21.3 Å². The molecule has 3 heteroatoms. The van der Waals surface area contributed by atoms with Gasteiger partial charge in [-0.15, -0.1) is 0 Å². The van der Waals surface area contributed by atoms with Gasteiger partial charge < -0.3 is 0 Å². The largest absolute Gasteiger partial charge is 0.297 e. The maximum absolute atomic E-state index is 5.81. The summed E-state index contributed by atoms with van der Waals surface area (Å²) < 4.78 is 0. The first-order valence-electron chi connectivity index (χ1n) is 3.48. The Labute approximate surface area is 70.1 Å². The second kappa shape index (κ2) is 2.81. The van der Waals surface area contributed by atoms with E-state index in [4.69, 9.17) is 16.4 Å². The highest BCUT2D eigenvalue weighted by atomic mass is 35.5. The molecule has 0 saturated carbocycles. The van der Waals surface area contributed by atoms with E-state index in [1.807, 2.05) is 18.2 Å². The Hall–Kier alpha value is -0.570. The van der Waals surface area contributed by atoms with E-state index in [2.05, 4.69) is 5.48 Å². The third-order valence-electron chi connectivity index (χ3n) is 1.76. The normalized spacial score (nSPS) is 16.1. The Morgan fingerprint density at radius 2 is 2.27 bits per heavy atom. The second-order valence-corrected chi connectivity index (χ2v) is 2.96. The Balaban J connectivity index is 2.43. The van der Waals surface area contributed by atoms with Gasteiger partial charge in [0.2, 0.25) is 0 Å². The number of nitrogens with one attached hydrogen (secondary N) is 1. The molecule has 2 rings (SSSR count). The zero-order valence-electron chi connectivity index (χ0n) is 5.93. The SMILES string of the molecule is Clc1ccc2c(c1)CNOC2. The van der Waals surface area contributed by atoms with Crippen LogP contribution < -0.4 is 5.48 Å². The fourth-order valence-corrected chi connectivity index (χ4v) is 1.35. The van der Waals surface area contributed by atoms with E-state index in [1.54, 1.807) is 0 Å². The van der Waals surface area contributed by atoms with Gasteiger partial charge in [0.1, 0.15) is 0 Å². The first-order chi connectivity index (χ1) is 5.36. The van der Waals surface area contributed by atoms with Crippen molar-refractivity contribution in [3.8, 4) is 0 Å². The van der Waals surface area contributed by atoms with Gasteiger partial charge in [0.25, 0.3) is 0 Å². The minimum atomic E-state index is 0.631. The monoisotopic (exact) mass is 169 g/mol. The van der Waals surface area contributed by atoms with Crippen molar-refractivity contribution in [3.05, 3.63) is 34.3 Å². The van der Waals surface area contributed by atoms with Gasteiger partial charge in [-0.25, -0.2) is 0 Å². The predicted octanol–water partition coefficient (Wildman–Crippen LogP) is 1.87. The quantitative estimate of drug-likeness (QED) is 0.640. The van der Waals surface area contributed by atoms with Crippen molar-refractivity contribution in [1.29, 1.82) is 0 Å². The molecule has 0 fully saturated rings. The molecule has 1 aromatic carbocycles. The summed E-state index contributed by atoms with van der Waals surface area (Å²) in [5.74, 6) is 0. The number of rotatable bonds is 0. The van der Waals surface area contributed by atoms with Crippen molar-refractivity contribution in [2.24, 2.45) is 0 Å². The number of hydroxylamine groups is 1. The number of halogens is 1. The third kappa shape index (κ3) is 1.38. The maximum atomic E-state index is 5.81. The van der Waals surface area contributed by atoms with Crippen molar-refractivity contribution in [3.63, 3.8) is 0 Å². The summed E-state index contributed by atoms with van der Waals surface area (Å²) in [6.07, 6.45) is 0. The van der Waals surface area contributed by atoms with Gasteiger partial charge in [-0.3, -0.25) is 4.84 Å². The first-order valence-corrected chi connectivity index (χ1v) is 3.86. The average Bonchev–Trinajstić information content (AvgIpc) is 2.04. The Kier molecular flexibility index (Phi) is 1.82. The zero-order chi connectivity index (χ0) is 7.68. The average molecular weight is 170 g/mol. The highest BCUT2D eigenvalue weighted by Crippen LogP contribution is 2.18. The van der Waals surface area contributed by atoms with Gasteiger partial charge in [-0.1, -0.05) is 17.7 Å². The van der Waals surface area contributed by atoms with Crippen LogP contribution in [0.5, 0.6) is 0 Å². The summed E-state index contributed by atoms with van der Waals surface area (Å²) in [7, 11) is 0. The van der Waals surface area contributed by atoms with Crippen LogP contribution in [0, 0.1) is 0 Å². The van der Waals surface area contributed by atoms with E-state index in [9.17, 15) is 0 Å². The van der Waals surface area contributed by atoms with Crippen LogP contribution in [0.1, 0.15) is 11.1 Å². The van der Waals surface area contributed by atoms with Gasteiger partial charge in [-0.05, 0) is 23.3 Å². The van der Waals surface area contributed by atoms with Gasteiger partial charge >= 0.3 is 0 Å². The lowest BCUT2D eigenvalue weighted by molar-refractivity contribution is 0.0108. The molecule has 2 nitrogen and oxygen atoms in total. The van der Waals surface area contributed by atoms with Crippen molar-refractivity contribution >= 4 is 11.6 Å². The molecular weight excluding hydrogens is 162 g/mol. The summed E-state index contributed by atoms with van der Waals surface area (Å²) in [6, 6.07) is 5.85. The van der Waals surface area contributed by atoms with Crippen LogP contribution in [0.2, 0.25) is 5.02 Å². The minimum absolute atomic E-state index is 0.631. The molecule has 0 atom stereocenters. The molecule has 0 aliphatic carbocycles. The van der Waals surface area contributed by atoms with Crippen LogP contribution >= 0.6 is 11.6 Å². The molecule has 1 N–H and O–H groups in total. The van der Waals surface area contributed by atoms with Gasteiger partial charge in [-0.2, -0.15) is 5.48 Å². The molecule has 0 radical (unpaired) electrons. The number of benzene rings is 1. The maximum Gasteiger partial charge on any atom is 0.0936 e. The summed E-state index contributed by atoms with van der Waals surface area (Å²) in [6.45, 7) is 1.38. The minimum Gasteiger partial charge on any atom is -0.297 e. The van der Waals surface area contributed by atoms with Crippen LogP contribution in [-0.4, -0.2) is 0 Å². The Morgan fingerprint density at radius 3 is 3.18 bits per heavy atom. The Morgan fingerprint density at radius 1 is 1.36 bits per heavy atom. The van der Waals surface area contributed by atoms with Crippen LogP contribution in [0.4, 0.5) is 0 Å². The molecule has 1 aliphatic heterocycles. The summed E-state index contributed by atoms with van der Waals surface area (Å²) in [4.78, 5) is 5.04. The van der Waals surface area contributed by atoms with E-state index in [0.717, 1.165) is 11.6 Å². The molecule has 1 aromatic rings. The van der Waals surface area contributed by atoms with Crippen LogP contribution in [0.3, 0.4) is 0 Å². The van der Waals surface area contributed by atoms with E-state index < -0.39 is 0 Å². The molecule has 0 spiro atoms. The van der Waals surface area contributed by atoms with Crippen molar-refractivity contribution < 1.29 is 4.84 Å². The lowest BCUT2D eigenvalue weighted by Crippen LogP contribution is -2.20. The van der Waals surface area contributed by atoms with Gasteiger partial charge in [0.15, 0.2) is 0 Å². The predicted molar refractivity (Wildman–Crippen MR) is 43.1 cm³/mol. The second-order valence-electron chi connectivity index (χ2n) is 2.52. The molecule has 0 unspecified atom stereocenters. The van der Waals surface area contributed by atoms with E-state index in [0.29, 0.717) is 6.61 Å². The third-order valence-corrected chi connectivity index (χ3v) is 2.00. The highest BCUT2D eigenvalue weighted by molar-refractivity contribution is 6.30. The fourth-order valence-electron chi connectivity index (χ4n) is 1.16. The van der Waals surface area contributed by atoms with E-state index >= 15 is 0 Å². The van der Waals surface area contributed by atoms with Crippen molar-refractivity contribution in [1.82, 2.24) is 5.48 Å². The smallest absolute Gasteiger partial charge is 0.0936 e.